The van der Waals surface area contributed by atoms with Gasteiger partial charge >= 0.3 is 0 Å². The van der Waals surface area contributed by atoms with E-state index in [2.05, 4.69) is 10.9 Å². The maximum atomic E-state index is 12.3. The predicted octanol–water partition coefficient (Wildman–Crippen LogP) is 2.26. The lowest BCUT2D eigenvalue weighted by molar-refractivity contribution is 0.0786. The Hall–Kier alpha value is -2.21. The Morgan fingerprint density at radius 2 is 2.29 bits per heavy atom. The number of H-pyrrole nitrogens is 1. The van der Waals surface area contributed by atoms with E-state index in [1.165, 1.54) is 0 Å². The van der Waals surface area contributed by atoms with E-state index in [1.54, 1.807) is 4.90 Å². The second-order valence-corrected chi connectivity index (χ2v) is 3.77. The molecule has 0 unspecified atom stereocenters. The number of benzene rings is 1. The standard InChI is InChI=1S/C14H14N2O/c1-3-10-16(4-2)14(17)12-7-5-6-11-8-9-15-13(11)12/h1,5-9,15H,4,10H2,2H3. The van der Waals surface area contributed by atoms with Crippen molar-refractivity contribution in [2.75, 3.05) is 13.1 Å². The third kappa shape index (κ3) is 2.02. The number of fused-ring (bicyclic) bond motifs is 1. The first-order chi connectivity index (χ1) is 8.27. The molecule has 0 saturated heterocycles. The molecule has 0 aliphatic heterocycles. The molecule has 0 radical (unpaired) electrons. The third-order valence-corrected chi connectivity index (χ3v) is 2.77. The van der Waals surface area contributed by atoms with Gasteiger partial charge in [0.1, 0.15) is 0 Å². The molecule has 0 spiro atoms. The smallest absolute Gasteiger partial charge is 0.256 e. The van der Waals surface area contributed by atoms with Crippen LogP contribution < -0.4 is 0 Å². The normalized spacial score (nSPS) is 10.1. The number of hydrogen-bond donors (Lipinski definition) is 1. The number of para-hydroxylation sites is 1. The molecule has 1 aromatic heterocycles. The minimum atomic E-state index is -0.0292. The maximum absolute atomic E-state index is 12.3. The molecule has 86 valence electrons. The number of amides is 1. The summed E-state index contributed by atoms with van der Waals surface area (Å²) in [6, 6.07) is 7.62. The summed E-state index contributed by atoms with van der Waals surface area (Å²) in [7, 11) is 0. The number of carbonyl (C=O) groups is 1. The zero-order valence-electron chi connectivity index (χ0n) is 9.73. The van der Waals surface area contributed by atoms with E-state index in [0.717, 1.165) is 10.9 Å². The van der Waals surface area contributed by atoms with Crippen LogP contribution in [0.15, 0.2) is 30.5 Å². The average Bonchev–Trinajstić information content (AvgIpc) is 2.83. The Morgan fingerprint density at radius 1 is 1.47 bits per heavy atom. The minimum absolute atomic E-state index is 0.0292. The Labute approximate surface area is 100 Å². The van der Waals surface area contributed by atoms with E-state index in [9.17, 15) is 4.79 Å². The lowest BCUT2D eigenvalue weighted by Gasteiger charge is -2.18. The van der Waals surface area contributed by atoms with Crippen LogP contribution in [-0.4, -0.2) is 28.9 Å². The van der Waals surface area contributed by atoms with Crippen LogP contribution in [0.25, 0.3) is 10.9 Å². The van der Waals surface area contributed by atoms with Gasteiger partial charge in [-0.3, -0.25) is 4.79 Å². The summed E-state index contributed by atoms with van der Waals surface area (Å²) < 4.78 is 0. The monoisotopic (exact) mass is 226 g/mol. The summed E-state index contributed by atoms with van der Waals surface area (Å²) in [6.45, 7) is 2.87. The quantitative estimate of drug-likeness (QED) is 0.801. The van der Waals surface area contributed by atoms with Crippen LogP contribution in [0.4, 0.5) is 0 Å². The number of hydrogen-bond acceptors (Lipinski definition) is 1. The van der Waals surface area contributed by atoms with E-state index in [4.69, 9.17) is 6.42 Å². The number of rotatable bonds is 3. The second-order valence-electron chi connectivity index (χ2n) is 3.77. The van der Waals surface area contributed by atoms with Gasteiger partial charge in [0.2, 0.25) is 0 Å². The van der Waals surface area contributed by atoms with Gasteiger partial charge < -0.3 is 9.88 Å². The Kier molecular flexibility index (Phi) is 3.15. The summed E-state index contributed by atoms with van der Waals surface area (Å²) in [5.74, 6) is 2.48. The van der Waals surface area contributed by atoms with Crippen molar-refractivity contribution in [3.8, 4) is 12.3 Å². The van der Waals surface area contributed by atoms with Gasteiger partial charge in [0.15, 0.2) is 0 Å². The van der Waals surface area contributed by atoms with Crippen LogP contribution in [0, 0.1) is 12.3 Å². The highest BCUT2D eigenvalue weighted by Crippen LogP contribution is 2.18. The fraction of sp³-hybridized carbons (Fsp3) is 0.214. The first kappa shape index (κ1) is 11.3. The molecule has 3 nitrogen and oxygen atoms in total. The Bertz CT molecular complexity index is 577. The van der Waals surface area contributed by atoms with E-state index < -0.39 is 0 Å². The number of nitrogens with zero attached hydrogens (tertiary/aromatic N) is 1. The Balaban J connectivity index is 2.42. The van der Waals surface area contributed by atoms with E-state index >= 15 is 0 Å². The van der Waals surface area contributed by atoms with Crippen molar-refractivity contribution in [1.82, 2.24) is 9.88 Å². The molecule has 0 aliphatic rings. The topological polar surface area (TPSA) is 36.1 Å². The molecule has 2 rings (SSSR count). The van der Waals surface area contributed by atoms with Crippen LogP contribution in [0.2, 0.25) is 0 Å². The Morgan fingerprint density at radius 3 is 3.00 bits per heavy atom. The third-order valence-electron chi connectivity index (χ3n) is 2.77. The first-order valence-corrected chi connectivity index (χ1v) is 5.56. The van der Waals surface area contributed by atoms with Crippen molar-refractivity contribution < 1.29 is 4.79 Å². The molecule has 1 N–H and O–H groups in total. The van der Waals surface area contributed by atoms with Gasteiger partial charge in [-0.2, -0.15) is 0 Å². The zero-order valence-corrected chi connectivity index (χ0v) is 9.73. The summed E-state index contributed by atoms with van der Waals surface area (Å²) in [5, 5.41) is 1.03. The van der Waals surface area contributed by atoms with Gasteiger partial charge in [0.25, 0.3) is 5.91 Å². The lowest BCUT2D eigenvalue weighted by Crippen LogP contribution is -2.31. The molecule has 3 heteroatoms. The molecule has 0 saturated carbocycles. The van der Waals surface area contributed by atoms with Crippen molar-refractivity contribution in [2.45, 2.75) is 6.92 Å². The van der Waals surface area contributed by atoms with E-state index in [1.807, 2.05) is 37.4 Å². The molecule has 0 bridgehead atoms. The molecular weight excluding hydrogens is 212 g/mol. The number of nitrogens with one attached hydrogen (secondary N) is 1. The van der Waals surface area contributed by atoms with Crippen LogP contribution in [-0.2, 0) is 0 Å². The average molecular weight is 226 g/mol. The summed E-state index contributed by atoms with van der Waals surface area (Å²) >= 11 is 0. The maximum Gasteiger partial charge on any atom is 0.256 e. The van der Waals surface area contributed by atoms with Gasteiger partial charge in [-0.25, -0.2) is 0 Å². The summed E-state index contributed by atoms with van der Waals surface area (Å²) in [6.07, 6.45) is 7.09. The molecule has 0 fully saturated rings. The van der Waals surface area contributed by atoms with Crippen LogP contribution >= 0.6 is 0 Å². The highest BCUT2D eigenvalue weighted by Gasteiger charge is 2.16. The zero-order chi connectivity index (χ0) is 12.3. The van der Waals surface area contributed by atoms with Crippen molar-refractivity contribution in [3.63, 3.8) is 0 Å². The molecule has 17 heavy (non-hydrogen) atoms. The van der Waals surface area contributed by atoms with Crippen LogP contribution in [0.3, 0.4) is 0 Å². The number of aromatic amines is 1. The number of terminal acetylenes is 1. The molecular formula is C14H14N2O. The molecule has 0 atom stereocenters. The van der Waals surface area contributed by atoms with Crippen molar-refractivity contribution in [2.24, 2.45) is 0 Å². The van der Waals surface area contributed by atoms with Crippen molar-refractivity contribution >= 4 is 16.8 Å². The summed E-state index contributed by atoms with van der Waals surface area (Å²) in [4.78, 5) is 17.0. The summed E-state index contributed by atoms with van der Waals surface area (Å²) in [5.41, 5.74) is 1.54. The molecule has 1 aromatic carbocycles. The highest BCUT2D eigenvalue weighted by atomic mass is 16.2. The lowest BCUT2D eigenvalue weighted by atomic mass is 10.1. The number of aromatic nitrogens is 1. The highest BCUT2D eigenvalue weighted by molar-refractivity contribution is 6.05. The molecule has 0 aliphatic carbocycles. The second kappa shape index (κ2) is 4.75. The predicted molar refractivity (Wildman–Crippen MR) is 68.7 cm³/mol. The van der Waals surface area contributed by atoms with Gasteiger partial charge in [-0.1, -0.05) is 18.1 Å². The largest absolute Gasteiger partial charge is 0.361 e. The molecule has 1 heterocycles. The van der Waals surface area contributed by atoms with E-state index in [-0.39, 0.29) is 5.91 Å². The molecule has 2 aromatic rings. The minimum Gasteiger partial charge on any atom is -0.361 e. The van der Waals surface area contributed by atoms with Crippen molar-refractivity contribution in [3.05, 3.63) is 36.0 Å². The van der Waals surface area contributed by atoms with Gasteiger partial charge in [-0.05, 0) is 19.1 Å². The first-order valence-electron chi connectivity index (χ1n) is 5.56. The van der Waals surface area contributed by atoms with Crippen molar-refractivity contribution in [1.29, 1.82) is 0 Å². The van der Waals surface area contributed by atoms with Gasteiger partial charge in [-0.15, -0.1) is 6.42 Å². The van der Waals surface area contributed by atoms with E-state index in [0.29, 0.717) is 18.7 Å². The fourth-order valence-corrected chi connectivity index (χ4v) is 1.87. The molecule has 1 amide bonds. The van der Waals surface area contributed by atoms with Gasteiger partial charge in [0.05, 0.1) is 17.6 Å². The van der Waals surface area contributed by atoms with Gasteiger partial charge in [0, 0.05) is 18.1 Å². The number of carbonyl (C=O) groups excluding carboxylic acids is 1. The van der Waals surface area contributed by atoms with Crippen LogP contribution in [0.1, 0.15) is 17.3 Å². The SMILES string of the molecule is C#CCN(CC)C(=O)c1cccc2cc[nH]c12. The fourth-order valence-electron chi connectivity index (χ4n) is 1.87. The van der Waals surface area contributed by atoms with Crippen LogP contribution in [0.5, 0.6) is 0 Å².